The molecule has 0 amide bonds. The lowest BCUT2D eigenvalue weighted by Gasteiger charge is -2.02. The van der Waals surface area contributed by atoms with E-state index in [-0.39, 0.29) is 5.75 Å². The van der Waals surface area contributed by atoms with Crippen molar-refractivity contribution in [1.82, 2.24) is 25.0 Å². The molecule has 0 saturated heterocycles. The van der Waals surface area contributed by atoms with Gasteiger partial charge in [0.2, 0.25) is 0 Å². The van der Waals surface area contributed by atoms with Crippen molar-refractivity contribution in [3.8, 4) is 22.8 Å². The van der Waals surface area contributed by atoms with Crippen LogP contribution in [-0.2, 0) is 0 Å². The summed E-state index contributed by atoms with van der Waals surface area (Å²) >= 11 is 0. The maximum Gasteiger partial charge on any atom is 0.187 e. The summed E-state index contributed by atoms with van der Waals surface area (Å²) in [4.78, 5) is 8.71. The first-order chi connectivity index (χ1) is 10.3. The van der Waals surface area contributed by atoms with Crippen molar-refractivity contribution in [3.63, 3.8) is 0 Å². The van der Waals surface area contributed by atoms with E-state index in [4.69, 9.17) is 4.42 Å². The van der Waals surface area contributed by atoms with Crippen LogP contribution in [-0.4, -0.2) is 30.1 Å². The number of furan rings is 1. The van der Waals surface area contributed by atoms with Gasteiger partial charge in [-0.3, -0.25) is 0 Å². The minimum absolute atomic E-state index is 0.153. The third kappa shape index (κ3) is 1.91. The molecular formula is C14H9N5O2. The highest BCUT2D eigenvalue weighted by Gasteiger charge is 2.11. The third-order valence-electron chi connectivity index (χ3n) is 3.05. The molecule has 0 spiro atoms. The van der Waals surface area contributed by atoms with Gasteiger partial charge in [-0.15, -0.1) is 5.10 Å². The summed E-state index contributed by atoms with van der Waals surface area (Å²) in [7, 11) is 0. The SMILES string of the molecule is Oc1cccc(-n2nnc3cnc(-c4ccoc4)nc32)c1. The lowest BCUT2D eigenvalue weighted by atomic mass is 10.3. The van der Waals surface area contributed by atoms with Crippen LogP contribution in [0.25, 0.3) is 28.2 Å². The van der Waals surface area contributed by atoms with Crippen molar-refractivity contribution in [1.29, 1.82) is 0 Å². The van der Waals surface area contributed by atoms with Crippen LogP contribution in [0.15, 0.2) is 53.5 Å². The van der Waals surface area contributed by atoms with Gasteiger partial charge in [0.15, 0.2) is 17.0 Å². The molecule has 0 unspecified atom stereocenters. The van der Waals surface area contributed by atoms with Crippen LogP contribution in [0, 0.1) is 0 Å². The second-order valence-electron chi connectivity index (χ2n) is 4.44. The Morgan fingerprint density at radius 1 is 1.19 bits per heavy atom. The van der Waals surface area contributed by atoms with E-state index in [0.717, 1.165) is 5.56 Å². The monoisotopic (exact) mass is 279 g/mol. The molecule has 1 N–H and O–H groups in total. The summed E-state index contributed by atoms with van der Waals surface area (Å²) in [5.74, 6) is 0.681. The van der Waals surface area contributed by atoms with E-state index in [0.29, 0.717) is 22.7 Å². The van der Waals surface area contributed by atoms with E-state index in [1.54, 1.807) is 47.7 Å². The maximum atomic E-state index is 9.58. The highest BCUT2D eigenvalue weighted by molar-refractivity contribution is 5.73. The van der Waals surface area contributed by atoms with E-state index in [1.807, 2.05) is 6.07 Å². The summed E-state index contributed by atoms with van der Waals surface area (Å²) in [6.07, 6.45) is 4.74. The first kappa shape index (κ1) is 11.6. The van der Waals surface area contributed by atoms with E-state index >= 15 is 0 Å². The van der Waals surface area contributed by atoms with Gasteiger partial charge < -0.3 is 9.52 Å². The molecule has 4 aromatic rings. The minimum atomic E-state index is 0.153. The number of aromatic nitrogens is 5. The van der Waals surface area contributed by atoms with Crippen molar-refractivity contribution in [2.24, 2.45) is 0 Å². The van der Waals surface area contributed by atoms with Crippen molar-refractivity contribution >= 4 is 11.2 Å². The summed E-state index contributed by atoms with van der Waals surface area (Å²) in [6.45, 7) is 0. The van der Waals surface area contributed by atoms with Crippen LogP contribution in [0.1, 0.15) is 0 Å². The van der Waals surface area contributed by atoms with E-state index in [2.05, 4.69) is 20.3 Å². The Morgan fingerprint density at radius 3 is 2.95 bits per heavy atom. The van der Waals surface area contributed by atoms with Crippen LogP contribution >= 0.6 is 0 Å². The number of aromatic hydroxyl groups is 1. The number of phenols is 1. The molecule has 0 radical (unpaired) electrons. The Morgan fingerprint density at radius 2 is 2.14 bits per heavy atom. The number of fused-ring (bicyclic) bond motifs is 1. The highest BCUT2D eigenvalue weighted by Crippen LogP contribution is 2.21. The second-order valence-corrected chi connectivity index (χ2v) is 4.44. The normalized spacial score (nSPS) is 11.0. The van der Waals surface area contributed by atoms with E-state index in [1.165, 1.54) is 0 Å². The molecule has 0 atom stereocenters. The van der Waals surface area contributed by atoms with Gasteiger partial charge >= 0.3 is 0 Å². The number of hydrogen-bond donors (Lipinski definition) is 1. The predicted octanol–water partition coefficient (Wildman–Crippen LogP) is 2.18. The van der Waals surface area contributed by atoms with E-state index < -0.39 is 0 Å². The Hall–Kier alpha value is -3.22. The summed E-state index contributed by atoms with van der Waals surface area (Å²) < 4.78 is 6.60. The van der Waals surface area contributed by atoms with Gasteiger partial charge in [0.1, 0.15) is 12.0 Å². The fourth-order valence-corrected chi connectivity index (χ4v) is 2.06. The summed E-state index contributed by atoms with van der Waals surface area (Å²) in [6, 6.07) is 8.51. The van der Waals surface area contributed by atoms with Gasteiger partial charge in [-0.05, 0) is 18.2 Å². The standard InChI is InChI=1S/C14H9N5O2/c20-11-3-1-2-10(6-11)19-14-12(17-18-19)7-15-13(16-14)9-4-5-21-8-9/h1-8,20H. The first-order valence-corrected chi connectivity index (χ1v) is 6.22. The molecule has 3 aromatic heterocycles. The molecule has 0 saturated carbocycles. The zero-order valence-electron chi connectivity index (χ0n) is 10.7. The zero-order valence-corrected chi connectivity index (χ0v) is 10.7. The topological polar surface area (TPSA) is 89.9 Å². The Kier molecular flexibility index (Phi) is 2.43. The van der Waals surface area contributed by atoms with Crippen molar-refractivity contribution < 1.29 is 9.52 Å². The Bertz CT molecular complexity index is 914. The van der Waals surface area contributed by atoms with Gasteiger partial charge in [0, 0.05) is 6.07 Å². The summed E-state index contributed by atoms with van der Waals surface area (Å²) in [5, 5.41) is 17.7. The fraction of sp³-hybridized carbons (Fsp3) is 0. The average Bonchev–Trinajstić information content (AvgIpc) is 3.16. The predicted molar refractivity (Wildman–Crippen MR) is 73.8 cm³/mol. The molecule has 0 bridgehead atoms. The quantitative estimate of drug-likeness (QED) is 0.604. The van der Waals surface area contributed by atoms with Gasteiger partial charge in [0.25, 0.3) is 0 Å². The largest absolute Gasteiger partial charge is 0.508 e. The third-order valence-corrected chi connectivity index (χ3v) is 3.05. The second kappa shape index (κ2) is 4.41. The van der Waals surface area contributed by atoms with E-state index in [9.17, 15) is 5.11 Å². The molecule has 0 aliphatic carbocycles. The Balaban J connectivity index is 1.92. The molecule has 0 fully saturated rings. The minimum Gasteiger partial charge on any atom is -0.508 e. The van der Waals surface area contributed by atoms with Crippen LogP contribution in [0.5, 0.6) is 5.75 Å². The molecule has 4 rings (SSSR count). The molecule has 102 valence electrons. The number of phenolic OH excluding ortho intramolecular Hbond substituents is 1. The lowest BCUT2D eigenvalue weighted by molar-refractivity contribution is 0.475. The molecule has 21 heavy (non-hydrogen) atoms. The van der Waals surface area contributed by atoms with Crippen LogP contribution < -0.4 is 0 Å². The van der Waals surface area contributed by atoms with Crippen LogP contribution in [0.3, 0.4) is 0 Å². The van der Waals surface area contributed by atoms with Crippen molar-refractivity contribution in [3.05, 3.63) is 49.1 Å². The molecule has 7 heteroatoms. The van der Waals surface area contributed by atoms with Crippen molar-refractivity contribution in [2.75, 3.05) is 0 Å². The lowest BCUT2D eigenvalue weighted by Crippen LogP contribution is -1.98. The van der Waals surface area contributed by atoms with Gasteiger partial charge in [0.05, 0.1) is 23.7 Å². The molecule has 0 aliphatic rings. The number of nitrogens with zero attached hydrogens (tertiary/aromatic N) is 5. The number of benzene rings is 1. The highest BCUT2D eigenvalue weighted by atomic mass is 16.3. The zero-order chi connectivity index (χ0) is 14.2. The van der Waals surface area contributed by atoms with Crippen LogP contribution in [0.4, 0.5) is 0 Å². The summed E-state index contributed by atoms with van der Waals surface area (Å²) in [5.41, 5.74) is 2.59. The smallest absolute Gasteiger partial charge is 0.187 e. The molecule has 0 aliphatic heterocycles. The number of hydrogen-bond acceptors (Lipinski definition) is 6. The first-order valence-electron chi connectivity index (χ1n) is 6.22. The average molecular weight is 279 g/mol. The van der Waals surface area contributed by atoms with Gasteiger partial charge in [-0.2, -0.15) is 4.68 Å². The maximum absolute atomic E-state index is 9.58. The van der Waals surface area contributed by atoms with Crippen molar-refractivity contribution in [2.45, 2.75) is 0 Å². The Labute approximate surface area is 118 Å². The number of rotatable bonds is 2. The molecule has 1 aromatic carbocycles. The fourth-order valence-electron chi connectivity index (χ4n) is 2.06. The molecular weight excluding hydrogens is 270 g/mol. The molecule has 3 heterocycles. The van der Waals surface area contributed by atoms with Gasteiger partial charge in [-0.1, -0.05) is 11.3 Å². The van der Waals surface area contributed by atoms with Crippen LogP contribution in [0.2, 0.25) is 0 Å². The van der Waals surface area contributed by atoms with Gasteiger partial charge in [-0.25, -0.2) is 9.97 Å². The molecule has 7 nitrogen and oxygen atoms in total.